The Balaban J connectivity index is 2.09. The van der Waals surface area contributed by atoms with Gasteiger partial charge in [0.15, 0.2) is 0 Å². The molecule has 0 atom stereocenters. The number of benzene rings is 1. The monoisotopic (exact) mass is 259 g/mol. The van der Waals surface area contributed by atoms with Crippen LogP contribution in [0.3, 0.4) is 0 Å². The Labute approximate surface area is 114 Å². The summed E-state index contributed by atoms with van der Waals surface area (Å²) in [5.41, 5.74) is 2.16. The molecule has 0 radical (unpaired) electrons. The van der Waals surface area contributed by atoms with E-state index in [1.165, 1.54) is 24.6 Å². The van der Waals surface area contributed by atoms with Crippen molar-refractivity contribution in [2.75, 3.05) is 11.4 Å². The molecule has 0 unspecified atom stereocenters. The third kappa shape index (κ3) is 4.12. The molecule has 1 N–H and O–H groups in total. The van der Waals surface area contributed by atoms with E-state index in [4.69, 9.17) is 5.11 Å². The lowest BCUT2D eigenvalue weighted by Crippen LogP contribution is -2.29. The van der Waals surface area contributed by atoms with E-state index in [2.05, 4.69) is 30.9 Å². The van der Waals surface area contributed by atoms with Gasteiger partial charge in [-0.3, -0.25) is 0 Å². The lowest BCUT2D eigenvalue weighted by atomic mass is 10.1. The zero-order chi connectivity index (χ0) is 13.8. The third-order valence-electron chi connectivity index (χ3n) is 3.19. The van der Waals surface area contributed by atoms with E-state index in [1.54, 1.807) is 6.08 Å². The first-order valence-electron chi connectivity index (χ1n) is 6.84. The number of carboxylic acids is 1. The van der Waals surface area contributed by atoms with Gasteiger partial charge in [-0.15, -0.1) is 0 Å². The zero-order valence-electron chi connectivity index (χ0n) is 11.5. The lowest BCUT2D eigenvalue weighted by molar-refractivity contribution is -0.131. The van der Waals surface area contributed by atoms with Crippen LogP contribution in [0.1, 0.15) is 32.3 Å². The zero-order valence-corrected chi connectivity index (χ0v) is 11.5. The van der Waals surface area contributed by atoms with Crippen LogP contribution in [0.4, 0.5) is 5.69 Å². The second kappa shape index (κ2) is 5.91. The molecule has 3 heteroatoms. The van der Waals surface area contributed by atoms with E-state index in [-0.39, 0.29) is 0 Å². The van der Waals surface area contributed by atoms with Crippen LogP contribution in [0.2, 0.25) is 0 Å². The normalized spacial score (nSPS) is 15.1. The average molecular weight is 259 g/mol. The van der Waals surface area contributed by atoms with Crippen molar-refractivity contribution in [3.63, 3.8) is 0 Å². The van der Waals surface area contributed by atoms with Gasteiger partial charge in [0.1, 0.15) is 0 Å². The first kappa shape index (κ1) is 13.7. The molecule has 19 heavy (non-hydrogen) atoms. The van der Waals surface area contributed by atoms with Crippen molar-refractivity contribution in [1.82, 2.24) is 0 Å². The van der Waals surface area contributed by atoms with Crippen LogP contribution < -0.4 is 4.90 Å². The van der Waals surface area contributed by atoms with E-state index in [9.17, 15) is 4.79 Å². The van der Waals surface area contributed by atoms with Crippen molar-refractivity contribution >= 4 is 17.7 Å². The molecule has 0 bridgehead atoms. The summed E-state index contributed by atoms with van der Waals surface area (Å²) in [5, 5.41) is 8.60. The van der Waals surface area contributed by atoms with Crippen molar-refractivity contribution < 1.29 is 9.90 Å². The number of hydrogen-bond donors (Lipinski definition) is 1. The predicted molar refractivity (Wildman–Crippen MR) is 78.3 cm³/mol. The summed E-state index contributed by atoms with van der Waals surface area (Å²) >= 11 is 0. The maximum Gasteiger partial charge on any atom is 0.328 e. The fraction of sp³-hybridized carbons (Fsp3) is 0.438. The van der Waals surface area contributed by atoms with Gasteiger partial charge < -0.3 is 10.0 Å². The van der Waals surface area contributed by atoms with Crippen molar-refractivity contribution in [3.05, 3.63) is 35.9 Å². The Morgan fingerprint density at radius 2 is 2.00 bits per heavy atom. The van der Waals surface area contributed by atoms with Crippen LogP contribution >= 0.6 is 0 Å². The summed E-state index contributed by atoms with van der Waals surface area (Å²) in [5.74, 6) is -0.268. The predicted octanol–water partition coefficient (Wildman–Crippen LogP) is 3.41. The molecule has 1 aromatic rings. The smallest absolute Gasteiger partial charge is 0.328 e. The fourth-order valence-corrected chi connectivity index (χ4v) is 2.19. The van der Waals surface area contributed by atoms with Gasteiger partial charge >= 0.3 is 5.97 Å². The minimum atomic E-state index is -0.913. The van der Waals surface area contributed by atoms with Gasteiger partial charge in [0.2, 0.25) is 0 Å². The number of rotatable bonds is 6. The number of nitrogens with zero attached hydrogens (tertiary/aromatic N) is 1. The molecule has 0 heterocycles. The van der Waals surface area contributed by atoms with Crippen LogP contribution in [-0.2, 0) is 4.79 Å². The van der Waals surface area contributed by atoms with Crippen molar-refractivity contribution in [1.29, 1.82) is 0 Å². The van der Waals surface area contributed by atoms with Gasteiger partial charge in [-0.1, -0.05) is 26.0 Å². The second-order valence-electron chi connectivity index (χ2n) is 5.54. The number of carbonyl (C=O) groups is 1. The van der Waals surface area contributed by atoms with Crippen molar-refractivity contribution in [3.8, 4) is 0 Å². The van der Waals surface area contributed by atoms with Gasteiger partial charge in [0.05, 0.1) is 0 Å². The molecule has 0 aliphatic heterocycles. The summed E-state index contributed by atoms with van der Waals surface area (Å²) in [7, 11) is 0. The fourth-order valence-electron chi connectivity index (χ4n) is 2.19. The van der Waals surface area contributed by atoms with Gasteiger partial charge in [0.25, 0.3) is 0 Å². The highest BCUT2D eigenvalue weighted by Crippen LogP contribution is 2.32. The van der Waals surface area contributed by atoms with E-state index in [0.29, 0.717) is 12.0 Å². The Kier molecular flexibility index (Phi) is 4.25. The van der Waals surface area contributed by atoms with Gasteiger partial charge in [-0.05, 0) is 42.5 Å². The molecule has 2 rings (SSSR count). The second-order valence-corrected chi connectivity index (χ2v) is 5.54. The molecule has 1 aliphatic carbocycles. The third-order valence-corrected chi connectivity index (χ3v) is 3.19. The SMILES string of the molecule is CC(C)CN(c1ccc(C=CC(=O)O)cc1)C1CC1. The largest absolute Gasteiger partial charge is 0.478 e. The molecule has 1 aliphatic rings. The Hall–Kier alpha value is -1.77. The van der Waals surface area contributed by atoms with Gasteiger partial charge in [-0.25, -0.2) is 4.79 Å². The highest BCUT2D eigenvalue weighted by molar-refractivity contribution is 5.85. The van der Waals surface area contributed by atoms with Crippen LogP contribution in [-0.4, -0.2) is 23.7 Å². The minimum Gasteiger partial charge on any atom is -0.478 e. The molecule has 102 valence electrons. The molecule has 1 saturated carbocycles. The maximum absolute atomic E-state index is 10.5. The number of carboxylic acid groups (broad SMARTS) is 1. The Morgan fingerprint density at radius 1 is 1.37 bits per heavy atom. The highest BCUT2D eigenvalue weighted by atomic mass is 16.4. The van der Waals surface area contributed by atoms with E-state index < -0.39 is 5.97 Å². The standard InChI is InChI=1S/C16H21NO2/c1-12(2)11-17(15-8-9-15)14-6-3-13(4-7-14)5-10-16(18)19/h3-7,10,12,15H,8-9,11H2,1-2H3,(H,18,19). The van der Waals surface area contributed by atoms with Crippen LogP contribution in [0.15, 0.2) is 30.3 Å². The van der Waals surface area contributed by atoms with Gasteiger partial charge in [0, 0.05) is 24.4 Å². The molecule has 1 fully saturated rings. The molecule has 0 aromatic heterocycles. The van der Waals surface area contributed by atoms with Crippen molar-refractivity contribution in [2.45, 2.75) is 32.7 Å². The number of aliphatic carboxylic acids is 1. The summed E-state index contributed by atoms with van der Waals surface area (Å²) in [6.45, 7) is 5.55. The van der Waals surface area contributed by atoms with E-state index in [1.807, 2.05) is 12.1 Å². The average Bonchev–Trinajstić information content (AvgIpc) is 3.18. The summed E-state index contributed by atoms with van der Waals surface area (Å²) in [4.78, 5) is 12.9. The maximum atomic E-state index is 10.5. The van der Waals surface area contributed by atoms with E-state index in [0.717, 1.165) is 12.1 Å². The Bertz CT molecular complexity index is 458. The number of hydrogen-bond acceptors (Lipinski definition) is 2. The molecular weight excluding hydrogens is 238 g/mol. The molecule has 0 saturated heterocycles. The molecule has 0 amide bonds. The summed E-state index contributed by atoms with van der Waals surface area (Å²) in [6, 6.07) is 8.82. The topological polar surface area (TPSA) is 40.5 Å². The van der Waals surface area contributed by atoms with Crippen LogP contribution in [0, 0.1) is 5.92 Å². The molecule has 1 aromatic carbocycles. The van der Waals surface area contributed by atoms with E-state index >= 15 is 0 Å². The summed E-state index contributed by atoms with van der Waals surface area (Å²) in [6.07, 6.45) is 5.36. The van der Waals surface area contributed by atoms with Gasteiger partial charge in [-0.2, -0.15) is 0 Å². The first-order valence-corrected chi connectivity index (χ1v) is 6.84. The summed E-state index contributed by atoms with van der Waals surface area (Å²) < 4.78 is 0. The minimum absolute atomic E-state index is 0.646. The van der Waals surface area contributed by atoms with Crippen LogP contribution in [0.25, 0.3) is 6.08 Å². The molecular formula is C16H21NO2. The van der Waals surface area contributed by atoms with Crippen LogP contribution in [0.5, 0.6) is 0 Å². The van der Waals surface area contributed by atoms with Crippen molar-refractivity contribution in [2.24, 2.45) is 5.92 Å². The Morgan fingerprint density at radius 3 is 2.47 bits per heavy atom. The highest BCUT2D eigenvalue weighted by Gasteiger charge is 2.29. The molecule has 0 spiro atoms. The number of anilines is 1. The first-order chi connectivity index (χ1) is 9.06. The lowest BCUT2D eigenvalue weighted by Gasteiger charge is -2.26. The molecule has 3 nitrogen and oxygen atoms in total. The quantitative estimate of drug-likeness (QED) is 0.796.